The van der Waals surface area contributed by atoms with Crippen molar-refractivity contribution in [1.29, 1.82) is 0 Å². The number of nitrogens with zero attached hydrogens (tertiary/aromatic N) is 1. The molecule has 38 heavy (non-hydrogen) atoms. The predicted molar refractivity (Wildman–Crippen MR) is 141 cm³/mol. The van der Waals surface area contributed by atoms with Crippen molar-refractivity contribution in [2.45, 2.75) is 58.6 Å². The third-order valence-corrected chi connectivity index (χ3v) is 7.97. The van der Waals surface area contributed by atoms with Gasteiger partial charge in [0.15, 0.2) is 11.4 Å². The number of allylic oxidation sites excluding steroid dienone is 2. The number of hydrogen-bond donors (Lipinski definition) is 6. The number of rotatable bonds is 6. The number of Topliss-reactive ketones (excluding diaryl/α,β-unsaturated/α-hetero) is 2. The molecule has 0 aromatic heterocycles. The van der Waals surface area contributed by atoms with Gasteiger partial charge in [-0.25, -0.2) is 0 Å². The number of amides is 1. The van der Waals surface area contributed by atoms with E-state index in [4.69, 9.17) is 5.73 Å². The first-order valence-electron chi connectivity index (χ1n) is 12.8. The average molecular weight is 528 g/mol. The normalized spacial score (nSPS) is 25.2. The van der Waals surface area contributed by atoms with E-state index in [1.807, 2.05) is 25.1 Å². The van der Waals surface area contributed by atoms with Crippen molar-refractivity contribution in [3.8, 4) is 5.75 Å². The van der Waals surface area contributed by atoms with Crippen molar-refractivity contribution in [2.75, 3.05) is 25.5 Å². The molecular weight excluding hydrogens is 490 g/mol. The summed E-state index contributed by atoms with van der Waals surface area (Å²) in [7, 11) is 3.68. The summed E-state index contributed by atoms with van der Waals surface area (Å²) in [6, 6.07) is 1.84. The van der Waals surface area contributed by atoms with Crippen LogP contribution in [-0.2, 0) is 22.6 Å². The summed E-state index contributed by atoms with van der Waals surface area (Å²) in [4.78, 5) is 40.7. The number of benzene rings is 1. The molecule has 3 aliphatic rings. The SMILES string of the molecule is CN(C)c1cc(CNCCC(C)(C)C)c(O)c2c1C[C@H]1C[C@H]3CC(O)=C(C(N)=O)C(=O)[C@@]3(O)C(O)=C1C2=O. The van der Waals surface area contributed by atoms with Crippen molar-refractivity contribution >= 4 is 23.2 Å². The van der Waals surface area contributed by atoms with Gasteiger partial charge in [-0.05, 0) is 48.8 Å². The fourth-order valence-electron chi connectivity index (χ4n) is 5.94. The molecule has 0 fully saturated rings. The van der Waals surface area contributed by atoms with Gasteiger partial charge in [0, 0.05) is 49.8 Å². The Morgan fingerprint density at radius 2 is 1.84 bits per heavy atom. The minimum atomic E-state index is -2.57. The highest BCUT2D eigenvalue weighted by molar-refractivity contribution is 6.24. The zero-order valence-electron chi connectivity index (χ0n) is 22.5. The number of aliphatic hydroxyl groups excluding tert-OH is 2. The van der Waals surface area contributed by atoms with E-state index < -0.39 is 52.0 Å². The zero-order chi connectivity index (χ0) is 28.3. The molecule has 1 aromatic rings. The molecule has 1 amide bonds. The first-order chi connectivity index (χ1) is 17.6. The molecule has 0 saturated carbocycles. The summed E-state index contributed by atoms with van der Waals surface area (Å²) >= 11 is 0. The molecule has 3 atom stereocenters. The van der Waals surface area contributed by atoms with Gasteiger partial charge < -0.3 is 36.4 Å². The molecule has 1 aromatic carbocycles. The number of carbonyl (C=O) groups is 3. The number of nitrogens with one attached hydrogen (secondary N) is 1. The van der Waals surface area contributed by atoms with Crippen LogP contribution in [0.3, 0.4) is 0 Å². The monoisotopic (exact) mass is 527 g/mol. The van der Waals surface area contributed by atoms with Crippen LogP contribution in [0.25, 0.3) is 0 Å². The Kier molecular flexibility index (Phi) is 6.86. The first-order valence-corrected chi connectivity index (χ1v) is 12.8. The van der Waals surface area contributed by atoms with Crippen LogP contribution >= 0.6 is 0 Å². The topological polar surface area (TPSA) is 173 Å². The predicted octanol–water partition coefficient (Wildman–Crippen LogP) is 2.17. The number of phenols is 1. The van der Waals surface area contributed by atoms with E-state index >= 15 is 0 Å². The van der Waals surface area contributed by atoms with E-state index in [9.17, 15) is 34.8 Å². The smallest absolute Gasteiger partial charge is 0.255 e. The van der Waals surface area contributed by atoms with E-state index in [2.05, 4.69) is 26.1 Å². The van der Waals surface area contributed by atoms with Crippen molar-refractivity contribution < 1.29 is 34.8 Å². The highest BCUT2D eigenvalue weighted by atomic mass is 16.3. The van der Waals surface area contributed by atoms with Gasteiger partial charge in [-0.3, -0.25) is 14.4 Å². The third kappa shape index (κ3) is 4.35. The number of aliphatic hydroxyl groups is 3. The second kappa shape index (κ2) is 9.43. The number of hydrogen-bond acceptors (Lipinski definition) is 9. The van der Waals surface area contributed by atoms with Crippen LogP contribution in [0.1, 0.15) is 61.5 Å². The van der Waals surface area contributed by atoms with Gasteiger partial charge in [-0.15, -0.1) is 0 Å². The lowest BCUT2D eigenvalue weighted by Gasteiger charge is -2.46. The standard InChI is InChI=1S/C28H37N3O7/c1-27(2,3)6-7-30-12-14-10-17(31(4)5)16-9-13-8-15-11-18(32)21(26(29)37)25(36)28(15,38)24(35)19(13)23(34)20(16)22(14)33/h10,13,15,30,32-33,35,38H,6-9,11-12H2,1-5H3,(H2,29,37)/t13-,15+,28+/m1/s1. The lowest BCUT2D eigenvalue weighted by molar-refractivity contribution is -0.144. The van der Waals surface area contributed by atoms with Crippen molar-refractivity contribution in [3.05, 3.63) is 45.4 Å². The van der Waals surface area contributed by atoms with Gasteiger partial charge in [-0.1, -0.05) is 20.8 Å². The summed E-state index contributed by atoms with van der Waals surface area (Å²) in [6.07, 6.45) is 1.03. The Morgan fingerprint density at radius 3 is 2.42 bits per heavy atom. The molecule has 0 aliphatic heterocycles. The van der Waals surface area contributed by atoms with Crippen LogP contribution < -0.4 is 16.0 Å². The first kappa shape index (κ1) is 27.7. The molecular formula is C28H37N3O7. The van der Waals surface area contributed by atoms with Crippen LogP contribution in [0, 0.1) is 17.3 Å². The van der Waals surface area contributed by atoms with Gasteiger partial charge >= 0.3 is 0 Å². The highest BCUT2D eigenvalue weighted by Crippen LogP contribution is 2.52. The van der Waals surface area contributed by atoms with Crippen LogP contribution in [0.2, 0.25) is 0 Å². The van der Waals surface area contributed by atoms with Gasteiger partial charge in [0.25, 0.3) is 5.91 Å². The quantitative estimate of drug-likeness (QED) is 0.239. The molecule has 0 spiro atoms. The lowest BCUT2D eigenvalue weighted by atomic mass is 9.60. The second-order valence-corrected chi connectivity index (χ2v) is 12.0. The number of anilines is 1. The molecule has 0 bridgehead atoms. The number of aromatic hydroxyl groups is 1. The fourth-order valence-corrected chi connectivity index (χ4v) is 5.94. The second-order valence-electron chi connectivity index (χ2n) is 12.0. The Morgan fingerprint density at radius 1 is 1.18 bits per heavy atom. The third-order valence-electron chi connectivity index (χ3n) is 7.97. The van der Waals surface area contributed by atoms with E-state index in [-0.39, 0.29) is 41.6 Å². The zero-order valence-corrected chi connectivity index (χ0v) is 22.5. The molecule has 206 valence electrons. The van der Waals surface area contributed by atoms with Crippen LogP contribution in [0.15, 0.2) is 28.7 Å². The summed E-state index contributed by atoms with van der Waals surface area (Å²) in [5, 5.41) is 47.5. The minimum absolute atomic E-state index is 0.0282. The summed E-state index contributed by atoms with van der Waals surface area (Å²) in [5.41, 5.74) is 3.78. The molecule has 0 saturated heterocycles. The van der Waals surface area contributed by atoms with Crippen molar-refractivity contribution in [3.63, 3.8) is 0 Å². The Balaban J connectivity index is 1.79. The molecule has 10 heteroatoms. The molecule has 7 N–H and O–H groups in total. The molecule has 3 aliphatic carbocycles. The van der Waals surface area contributed by atoms with Crippen LogP contribution in [-0.4, -0.2) is 64.1 Å². The van der Waals surface area contributed by atoms with Gasteiger partial charge in [0.1, 0.15) is 22.8 Å². The highest BCUT2D eigenvalue weighted by Gasteiger charge is 2.59. The Bertz CT molecular complexity index is 1290. The van der Waals surface area contributed by atoms with Crippen molar-refractivity contribution in [2.24, 2.45) is 23.0 Å². The molecule has 0 radical (unpaired) electrons. The van der Waals surface area contributed by atoms with E-state index in [1.54, 1.807) is 0 Å². The minimum Gasteiger partial charge on any atom is -0.511 e. The maximum absolute atomic E-state index is 13.9. The summed E-state index contributed by atoms with van der Waals surface area (Å²) < 4.78 is 0. The number of primary amides is 1. The van der Waals surface area contributed by atoms with Crippen LogP contribution in [0.5, 0.6) is 5.75 Å². The molecule has 4 rings (SSSR count). The number of phenolic OH excluding ortho intramolecular Hbond substituents is 1. The maximum Gasteiger partial charge on any atom is 0.255 e. The number of fused-ring (bicyclic) bond motifs is 3. The molecule has 10 nitrogen and oxygen atoms in total. The fraction of sp³-hybridized carbons (Fsp3) is 0.536. The summed E-state index contributed by atoms with van der Waals surface area (Å²) in [6.45, 7) is 7.42. The number of carbonyl (C=O) groups excluding carboxylic acids is 3. The number of ketones is 2. The maximum atomic E-state index is 13.9. The van der Waals surface area contributed by atoms with Gasteiger partial charge in [0.2, 0.25) is 5.78 Å². The van der Waals surface area contributed by atoms with Crippen LogP contribution in [0.4, 0.5) is 5.69 Å². The Labute approximate surface area is 221 Å². The molecule has 0 unspecified atom stereocenters. The van der Waals surface area contributed by atoms with Gasteiger partial charge in [-0.2, -0.15) is 0 Å². The lowest BCUT2D eigenvalue weighted by Crippen LogP contribution is -2.57. The van der Waals surface area contributed by atoms with E-state index in [0.717, 1.165) is 12.1 Å². The Hall–Kier alpha value is -3.37. The van der Waals surface area contributed by atoms with Gasteiger partial charge in [0.05, 0.1) is 5.56 Å². The average Bonchev–Trinajstić information content (AvgIpc) is 2.79. The van der Waals surface area contributed by atoms with Crippen molar-refractivity contribution in [1.82, 2.24) is 5.32 Å². The summed E-state index contributed by atoms with van der Waals surface area (Å²) in [5.74, 6) is -6.24. The van der Waals surface area contributed by atoms with E-state index in [1.165, 1.54) is 0 Å². The molecule has 0 heterocycles. The number of nitrogens with two attached hydrogens (primary N) is 1. The largest absolute Gasteiger partial charge is 0.511 e. The van der Waals surface area contributed by atoms with E-state index in [0.29, 0.717) is 24.2 Å².